The van der Waals surface area contributed by atoms with Crippen LogP contribution in [0.15, 0.2) is 16.7 Å². The average molecular weight is 250 g/mol. The topological polar surface area (TPSA) is 59.5 Å². The average Bonchev–Trinajstić information content (AvgIpc) is 2.89. The first-order valence-corrected chi connectivity index (χ1v) is 6.84. The van der Waals surface area contributed by atoms with Gasteiger partial charge < -0.3 is 15.1 Å². The van der Waals surface area contributed by atoms with E-state index in [9.17, 15) is 4.79 Å². The Bertz CT molecular complexity index is 394. The minimum absolute atomic E-state index is 0.0767. The molecule has 1 aromatic rings. The third kappa shape index (κ3) is 2.75. The summed E-state index contributed by atoms with van der Waals surface area (Å²) in [5, 5.41) is 0. The largest absolute Gasteiger partial charge is 0.467 e. The summed E-state index contributed by atoms with van der Waals surface area (Å²) >= 11 is 0. The van der Waals surface area contributed by atoms with Crippen LogP contribution in [0.5, 0.6) is 0 Å². The van der Waals surface area contributed by atoms with Crippen LogP contribution in [-0.2, 0) is 6.54 Å². The van der Waals surface area contributed by atoms with Crippen LogP contribution in [-0.4, -0.2) is 23.4 Å². The van der Waals surface area contributed by atoms with Crippen molar-refractivity contribution in [2.75, 3.05) is 6.54 Å². The SMILES string of the molecule is CCN(C(=O)c1coc(CN)c1)C1CCCCC1. The standard InChI is InChI=1S/C14H22N2O2/c1-2-16(12-6-4-3-5-7-12)14(17)11-8-13(9-15)18-10-11/h8,10,12H,2-7,9,15H2,1H3. The Hall–Kier alpha value is -1.29. The molecule has 1 fully saturated rings. The molecule has 4 heteroatoms. The molecule has 0 bridgehead atoms. The maximum atomic E-state index is 12.4. The number of nitrogens with two attached hydrogens (primary N) is 1. The van der Waals surface area contributed by atoms with E-state index in [1.165, 1.54) is 25.5 Å². The van der Waals surface area contributed by atoms with Crippen molar-refractivity contribution in [3.8, 4) is 0 Å². The highest BCUT2D eigenvalue weighted by molar-refractivity contribution is 5.94. The number of hydrogen-bond acceptors (Lipinski definition) is 3. The molecule has 0 unspecified atom stereocenters. The third-order valence-corrected chi connectivity index (χ3v) is 3.72. The second-order valence-corrected chi connectivity index (χ2v) is 4.89. The molecule has 0 radical (unpaired) electrons. The Balaban J connectivity index is 2.08. The summed E-state index contributed by atoms with van der Waals surface area (Å²) < 4.78 is 5.24. The monoisotopic (exact) mass is 250 g/mol. The molecule has 100 valence electrons. The summed E-state index contributed by atoms with van der Waals surface area (Å²) in [6.45, 7) is 3.13. The molecule has 18 heavy (non-hydrogen) atoms. The summed E-state index contributed by atoms with van der Waals surface area (Å²) in [7, 11) is 0. The second kappa shape index (κ2) is 6.05. The number of carbonyl (C=O) groups is 1. The minimum atomic E-state index is 0.0767. The van der Waals surface area contributed by atoms with E-state index in [1.807, 2.05) is 11.8 Å². The zero-order chi connectivity index (χ0) is 13.0. The van der Waals surface area contributed by atoms with Gasteiger partial charge in [0, 0.05) is 12.6 Å². The van der Waals surface area contributed by atoms with Gasteiger partial charge in [-0.1, -0.05) is 19.3 Å². The summed E-state index contributed by atoms with van der Waals surface area (Å²) in [5.74, 6) is 0.742. The van der Waals surface area contributed by atoms with Gasteiger partial charge >= 0.3 is 0 Å². The van der Waals surface area contributed by atoms with Crippen molar-refractivity contribution in [3.05, 3.63) is 23.7 Å². The van der Waals surface area contributed by atoms with Crippen LogP contribution in [0, 0.1) is 0 Å². The molecular formula is C14H22N2O2. The molecule has 0 atom stereocenters. The summed E-state index contributed by atoms with van der Waals surface area (Å²) in [5.41, 5.74) is 6.12. The van der Waals surface area contributed by atoms with Crippen molar-refractivity contribution in [1.82, 2.24) is 4.90 Å². The van der Waals surface area contributed by atoms with Crippen LogP contribution in [0.25, 0.3) is 0 Å². The van der Waals surface area contributed by atoms with E-state index in [0.717, 1.165) is 19.4 Å². The molecule has 0 aromatic carbocycles. The fraction of sp³-hybridized carbons (Fsp3) is 0.643. The Labute approximate surface area is 108 Å². The molecule has 1 aliphatic rings. The van der Waals surface area contributed by atoms with Crippen LogP contribution >= 0.6 is 0 Å². The normalized spacial score (nSPS) is 16.8. The van der Waals surface area contributed by atoms with Gasteiger partial charge in [0.15, 0.2) is 0 Å². The third-order valence-electron chi connectivity index (χ3n) is 3.72. The summed E-state index contributed by atoms with van der Waals surface area (Å²) in [4.78, 5) is 14.4. The Morgan fingerprint density at radius 3 is 2.72 bits per heavy atom. The van der Waals surface area contributed by atoms with Gasteiger partial charge in [-0.15, -0.1) is 0 Å². The first-order chi connectivity index (χ1) is 8.76. The van der Waals surface area contributed by atoms with Gasteiger partial charge in [-0.25, -0.2) is 0 Å². The van der Waals surface area contributed by atoms with E-state index < -0.39 is 0 Å². The fourth-order valence-corrected chi connectivity index (χ4v) is 2.73. The van der Waals surface area contributed by atoms with Gasteiger partial charge in [0.2, 0.25) is 0 Å². The summed E-state index contributed by atoms with van der Waals surface area (Å²) in [6, 6.07) is 2.15. The van der Waals surface area contributed by atoms with E-state index in [2.05, 4.69) is 0 Å². The van der Waals surface area contributed by atoms with Gasteiger partial charge in [0.05, 0.1) is 12.1 Å². The maximum Gasteiger partial charge on any atom is 0.257 e. The molecule has 4 nitrogen and oxygen atoms in total. The lowest BCUT2D eigenvalue weighted by atomic mass is 9.94. The highest BCUT2D eigenvalue weighted by Crippen LogP contribution is 2.24. The van der Waals surface area contributed by atoms with E-state index in [4.69, 9.17) is 10.2 Å². The molecule has 1 aliphatic carbocycles. The van der Waals surface area contributed by atoms with Crippen molar-refractivity contribution in [3.63, 3.8) is 0 Å². The second-order valence-electron chi connectivity index (χ2n) is 4.89. The highest BCUT2D eigenvalue weighted by Gasteiger charge is 2.25. The lowest BCUT2D eigenvalue weighted by Gasteiger charge is -2.33. The molecular weight excluding hydrogens is 228 g/mol. The predicted octanol–water partition coefficient (Wildman–Crippen LogP) is 2.53. The molecule has 0 aliphatic heterocycles. The number of rotatable bonds is 4. The van der Waals surface area contributed by atoms with Crippen LogP contribution in [0.2, 0.25) is 0 Å². The lowest BCUT2D eigenvalue weighted by molar-refractivity contribution is 0.0647. The van der Waals surface area contributed by atoms with Gasteiger partial charge in [0.1, 0.15) is 12.0 Å². The van der Waals surface area contributed by atoms with E-state index in [-0.39, 0.29) is 5.91 Å². The minimum Gasteiger partial charge on any atom is -0.467 e. The molecule has 1 amide bonds. The van der Waals surface area contributed by atoms with E-state index in [0.29, 0.717) is 23.9 Å². The van der Waals surface area contributed by atoms with Gasteiger partial charge in [-0.2, -0.15) is 0 Å². The Kier molecular flexibility index (Phi) is 4.42. The van der Waals surface area contributed by atoms with Crippen molar-refractivity contribution >= 4 is 5.91 Å². The van der Waals surface area contributed by atoms with Crippen molar-refractivity contribution in [2.24, 2.45) is 5.73 Å². The van der Waals surface area contributed by atoms with E-state index in [1.54, 1.807) is 6.07 Å². The first kappa shape index (κ1) is 13.1. The molecule has 0 spiro atoms. The molecule has 2 rings (SSSR count). The van der Waals surface area contributed by atoms with Gasteiger partial charge in [-0.3, -0.25) is 4.79 Å². The Morgan fingerprint density at radius 1 is 1.44 bits per heavy atom. The quantitative estimate of drug-likeness (QED) is 0.893. The number of furan rings is 1. The predicted molar refractivity (Wildman–Crippen MR) is 70.2 cm³/mol. The van der Waals surface area contributed by atoms with Crippen LogP contribution in [0.1, 0.15) is 55.1 Å². The van der Waals surface area contributed by atoms with Crippen molar-refractivity contribution < 1.29 is 9.21 Å². The summed E-state index contributed by atoms with van der Waals surface area (Å²) in [6.07, 6.45) is 7.53. The first-order valence-electron chi connectivity index (χ1n) is 6.84. The molecule has 1 saturated carbocycles. The molecule has 1 aromatic heterocycles. The smallest absolute Gasteiger partial charge is 0.257 e. The van der Waals surface area contributed by atoms with Gasteiger partial charge in [-0.05, 0) is 25.8 Å². The number of carbonyl (C=O) groups excluding carboxylic acids is 1. The molecule has 1 heterocycles. The highest BCUT2D eigenvalue weighted by atomic mass is 16.3. The van der Waals surface area contributed by atoms with Gasteiger partial charge in [0.25, 0.3) is 5.91 Å². The van der Waals surface area contributed by atoms with Crippen molar-refractivity contribution in [1.29, 1.82) is 0 Å². The van der Waals surface area contributed by atoms with Crippen LogP contribution in [0.3, 0.4) is 0 Å². The lowest BCUT2D eigenvalue weighted by Crippen LogP contribution is -2.41. The maximum absolute atomic E-state index is 12.4. The molecule has 0 saturated heterocycles. The van der Waals surface area contributed by atoms with Crippen molar-refractivity contribution in [2.45, 2.75) is 51.6 Å². The zero-order valence-electron chi connectivity index (χ0n) is 11.0. The fourth-order valence-electron chi connectivity index (χ4n) is 2.73. The number of nitrogens with zero attached hydrogens (tertiary/aromatic N) is 1. The van der Waals surface area contributed by atoms with Crippen LogP contribution < -0.4 is 5.73 Å². The Morgan fingerprint density at radius 2 is 2.17 bits per heavy atom. The number of amides is 1. The number of hydrogen-bond donors (Lipinski definition) is 1. The molecule has 2 N–H and O–H groups in total. The van der Waals surface area contributed by atoms with Crippen LogP contribution in [0.4, 0.5) is 0 Å². The zero-order valence-corrected chi connectivity index (χ0v) is 11.0. The van der Waals surface area contributed by atoms with E-state index >= 15 is 0 Å².